The average molecular weight is 322 g/mol. The highest BCUT2D eigenvalue weighted by Crippen LogP contribution is 2.26. The fourth-order valence-electron chi connectivity index (χ4n) is 3.42. The molecule has 0 saturated heterocycles. The maximum absolute atomic E-state index is 12.7. The van der Waals surface area contributed by atoms with Gasteiger partial charge in [0, 0.05) is 12.2 Å². The summed E-state index contributed by atoms with van der Waals surface area (Å²) >= 11 is 0. The van der Waals surface area contributed by atoms with Crippen molar-refractivity contribution in [2.75, 3.05) is 18.0 Å². The van der Waals surface area contributed by atoms with Crippen LogP contribution >= 0.6 is 0 Å². The molecule has 3 rings (SSSR count). The zero-order valence-electron chi connectivity index (χ0n) is 14.6. The van der Waals surface area contributed by atoms with Crippen molar-refractivity contribution in [2.45, 2.75) is 38.6 Å². The van der Waals surface area contributed by atoms with Gasteiger partial charge in [0.25, 0.3) is 0 Å². The number of hydrogen-bond acceptors (Lipinski definition) is 2. The minimum Gasteiger partial charge on any atom is -0.362 e. The molecule has 2 aromatic rings. The van der Waals surface area contributed by atoms with E-state index in [1.54, 1.807) is 0 Å². The van der Waals surface area contributed by atoms with E-state index < -0.39 is 0 Å². The molecule has 126 valence electrons. The molecule has 0 saturated carbocycles. The average Bonchev–Trinajstić information content (AvgIpc) is 2.78. The Labute approximate surface area is 144 Å². The lowest BCUT2D eigenvalue weighted by Gasteiger charge is -2.30. The monoisotopic (exact) mass is 322 g/mol. The van der Waals surface area contributed by atoms with Crippen LogP contribution in [0.5, 0.6) is 0 Å². The summed E-state index contributed by atoms with van der Waals surface area (Å²) in [7, 11) is 0. The molecule has 1 heterocycles. The van der Waals surface area contributed by atoms with Crippen LogP contribution in [0.25, 0.3) is 0 Å². The summed E-state index contributed by atoms with van der Waals surface area (Å²) in [6.07, 6.45) is 3.42. The Morgan fingerprint density at radius 1 is 1.04 bits per heavy atom. The molecule has 0 radical (unpaired) electrons. The Morgan fingerprint density at radius 3 is 2.54 bits per heavy atom. The van der Waals surface area contributed by atoms with Crippen LogP contribution in [0.15, 0.2) is 54.6 Å². The van der Waals surface area contributed by atoms with Crippen LogP contribution in [0.1, 0.15) is 37.8 Å². The van der Waals surface area contributed by atoms with E-state index in [9.17, 15) is 4.79 Å². The third-order valence-electron chi connectivity index (χ3n) is 4.74. The molecule has 0 atom stereocenters. The van der Waals surface area contributed by atoms with Gasteiger partial charge in [-0.3, -0.25) is 4.79 Å². The fourth-order valence-corrected chi connectivity index (χ4v) is 3.42. The van der Waals surface area contributed by atoms with E-state index in [4.69, 9.17) is 0 Å². The van der Waals surface area contributed by atoms with E-state index in [1.165, 1.54) is 17.7 Å². The van der Waals surface area contributed by atoms with Crippen molar-refractivity contribution in [1.82, 2.24) is 5.32 Å². The lowest BCUT2D eigenvalue weighted by Crippen LogP contribution is -2.46. The first-order valence-corrected chi connectivity index (χ1v) is 8.76. The number of amides is 1. The minimum absolute atomic E-state index is 0.0700. The van der Waals surface area contributed by atoms with Gasteiger partial charge in [0.15, 0.2) is 0 Å². The van der Waals surface area contributed by atoms with Crippen molar-refractivity contribution < 1.29 is 4.79 Å². The molecule has 3 nitrogen and oxygen atoms in total. The topological polar surface area (TPSA) is 32.3 Å². The van der Waals surface area contributed by atoms with E-state index in [-0.39, 0.29) is 11.4 Å². The molecule has 24 heavy (non-hydrogen) atoms. The molecule has 1 amide bonds. The van der Waals surface area contributed by atoms with Crippen molar-refractivity contribution in [1.29, 1.82) is 0 Å². The smallest absolute Gasteiger partial charge is 0.240 e. The van der Waals surface area contributed by atoms with Crippen LogP contribution in [0.4, 0.5) is 5.69 Å². The number of hydrogen-bond donors (Lipinski definition) is 1. The highest BCUT2D eigenvalue weighted by Gasteiger charge is 2.24. The van der Waals surface area contributed by atoms with Gasteiger partial charge in [0.1, 0.15) is 0 Å². The zero-order valence-corrected chi connectivity index (χ0v) is 14.6. The lowest BCUT2D eigenvalue weighted by molar-refractivity contribution is -0.121. The Kier molecular flexibility index (Phi) is 4.89. The van der Waals surface area contributed by atoms with Gasteiger partial charge in [-0.15, -0.1) is 0 Å². The first-order valence-electron chi connectivity index (χ1n) is 8.76. The summed E-state index contributed by atoms with van der Waals surface area (Å²) in [6, 6.07) is 18.6. The quantitative estimate of drug-likeness (QED) is 0.926. The standard InChI is InChI=1S/C21H26N2O/c1-21(2,18-12-4-3-5-13-18)22-20(24)16-23-15-9-8-11-17-10-6-7-14-19(17)23/h3-7,10,12-14H,8-9,11,15-16H2,1-2H3,(H,22,24). The van der Waals surface area contributed by atoms with Crippen LogP contribution in [-0.4, -0.2) is 19.0 Å². The molecule has 1 aliphatic rings. The number of carbonyl (C=O) groups is 1. The predicted octanol–water partition coefficient (Wildman–Crippen LogP) is 3.88. The summed E-state index contributed by atoms with van der Waals surface area (Å²) in [6.45, 7) is 5.46. The SMILES string of the molecule is CC(C)(NC(=O)CN1CCCCc2ccccc21)c1ccccc1. The maximum atomic E-state index is 12.7. The largest absolute Gasteiger partial charge is 0.362 e. The molecular formula is C21H26N2O. The number of benzene rings is 2. The number of aryl methyl sites for hydroxylation is 1. The Hall–Kier alpha value is -2.29. The van der Waals surface area contributed by atoms with Crippen LogP contribution in [-0.2, 0) is 16.8 Å². The van der Waals surface area contributed by atoms with Gasteiger partial charge >= 0.3 is 0 Å². The van der Waals surface area contributed by atoms with Gasteiger partial charge in [-0.05, 0) is 50.3 Å². The fraction of sp³-hybridized carbons (Fsp3) is 0.381. The van der Waals surface area contributed by atoms with Crippen molar-refractivity contribution in [2.24, 2.45) is 0 Å². The molecule has 0 unspecified atom stereocenters. The van der Waals surface area contributed by atoms with E-state index >= 15 is 0 Å². The molecule has 0 fully saturated rings. The molecule has 3 heteroatoms. The van der Waals surface area contributed by atoms with Gasteiger partial charge in [-0.1, -0.05) is 48.5 Å². The summed E-state index contributed by atoms with van der Waals surface area (Å²) < 4.78 is 0. The number of para-hydroxylation sites is 1. The Bertz CT molecular complexity index is 694. The third-order valence-corrected chi connectivity index (χ3v) is 4.74. The molecule has 1 N–H and O–H groups in total. The highest BCUT2D eigenvalue weighted by atomic mass is 16.2. The Balaban J connectivity index is 1.71. The number of carbonyl (C=O) groups excluding carboxylic acids is 1. The molecule has 0 spiro atoms. The van der Waals surface area contributed by atoms with Gasteiger partial charge in [0.05, 0.1) is 12.1 Å². The minimum atomic E-state index is -0.371. The lowest BCUT2D eigenvalue weighted by atomic mass is 9.94. The molecule has 0 aliphatic carbocycles. The van der Waals surface area contributed by atoms with E-state index in [2.05, 4.69) is 60.5 Å². The first-order chi connectivity index (χ1) is 11.6. The molecular weight excluding hydrogens is 296 g/mol. The highest BCUT2D eigenvalue weighted by molar-refractivity contribution is 5.82. The summed E-state index contributed by atoms with van der Waals surface area (Å²) in [5, 5.41) is 3.19. The van der Waals surface area contributed by atoms with Crippen molar-refractivity contribution in [3.8, 4) is 0 Å². The van der Waals surface area contributed by atoms with E-state index in [0.29, 0.717) is 6.54 Å². The van der Waals surface area contributed by atoms with Crippen LogP contribution in [0, 0.1) is 0 Å². The van der Waals surface area contributed by atoms with Crippen molar-refractivity contribution >= 4 is 11.6 Å². The normalized spacial score (nSPS) is 14.7. The van der Waals surface area contributed by atoms with Gasteiger partial charge < -0.3 is 10.2 Å². The van der Waals surface area contributed by atoms with Crippen LogP contribution in [0.2, 0.25) is 0 Å². The summed E-state index contributed by atoms with van der Waals surface area (Å²) in [5.74, 6) is 0.0700. The summed E-state index contributed by atoms with van der Waals surface area (Å²) in [4.78, 5) is 14.9. The van der Waals surface area contributed by atoms with Gasteiger partial charge in [-0.2, -0.15) is 0 Å². The van der Waals surface area contributed by atoms with E-state index in [1.807, 2.05) is 18.2 Å². The van der Waals surface area contributed by atoms with Crippen LogP contribution < -0.4 is 10.2 Å². The number of rotatable bonds is 4. The number of fused-ring (bicyclic) bond motifs is 1. The predicted molar refractivity (Wildman–Crippen MR) is 99.2 cm³/mol. The molecule has 0 aromatic heterocycles. The maximum Gasteiger partial charge on any atom is 0.240 e. The van der Waals surface area contributed by atoms with E-state index in [0.717, 1.165) is 24.9 Å². The summed E-state index contributed by atoms with van der Waals surface area (Å²) in [5.41, 5.74) is 3.31. The third kappa shape index (κ3) is 3.78. The first kappa shape index (κ1) is 16.6. The molecule has 2 aromatic carbocycles. The van der Waals surface area contributed by atoms with Gasteiger partial charge in [-0.25, -0.2) is 0 Å². The number of nitrogens with zero attached hydrogens (tertiary/aromatic N) is 1. The number of nitrogens with one attached hydrogen (secondary N) is 1. The zero-order chi connectivity index (χ0) is 17.0. The van der Waals surface area contributed by atoms with Crippen LogP contribution in [0.3, 0.4) is 0 Å². The second-order valence-corrected chi connectivity index (χ2v) is 7.05. The van der Waals surface area contributed by atoms with Gasteiger partial charge in [0.2, 0.25) is 5.91 Å². The Morgan fingerprint density at radius 2 is 1.75 bits per heavy atom. The number of anilines is 1. The van der Waals surface area contributed by atoms with Crippen molar-refractivity contribution in [3.63, 3.8) is 0 Å². The molecule has 0 bridgehead atoms. The second-order valence-electron chi connectivity index (χ2n) is 7.05. The second kappa shape index (κ2) is 7.08. The van der Waals surface area contributed by atoms with Crippen molar-refractivity contribution in [3.05, 3.63) is 65.7 Å². The molecule has 1 aliphatic heterocycles.